The summed E-state index contributed by atoms with van der Waals surface area (Å²) in [7, 11) is 1.96. The molecule has 0 aliphatic carbocycles. The third-order valence-electron chi connectivity index (χ3n) is 4.02. The maximum Gasteiger partial charge on any atom is 0.434 e. The molecule has 3 heterocycles. The SMILES string of the molecule is Cc1cnc(CN(C)CC2CCc3nc(C(F)(F)F)cn3C2)o1. The first-order valence-corrected chi connectivity index (χ1v) is 7.54. The molecule has 0 bridgehead atoms. The van der Waals surface area contributed by atoms with Gasteiger partial charge in [0.05, 0.1) is 12.7 Å². The number of hydrogen-bond acceptors (Lipinski definition) is 4. The van der Waals surface area contributed by atoms with Crippen molar-refractivity contribution in [3.05, 3.63) is 35.6 Å². The number of oxazole rings is 1. The van der Waals surface area contributed by atoms with E-state index in [1.165, 1.54) is 0 Å². The van der Waals surface area contributed by atoms with Crippen LogP contribution in [-0.4, -0.2) is 33.0 Å². The summed E-state index contributed by atoms with van der Waals surface area (Å²) in [5, 5.41) is 0. The number of alkyl halides is 3. The zero-order chi connectivity index (χ0) is 16.6. The minimum atomic E-state index is -4.38. The molecule has 2 aromatic rings. The highest BCUT2D eigenvalue weighted by molar-refractivity contribution is 5.10. The molecule has 2 aromatic heterocycles. The van der Waals surface area contributed by atoms with Gasteiger partial charge in [-0.25, -0.2) is 9.97 Å². The molecule has 0 fully saturated rings. The average Bonchev–Trinajstić information content (AvgIpc) is 3.04. The van der Waals surface area contributed by atoms with E-state index in [0.717, 1.165) is 24.9 Å². The Morgan fingerprint density at radius 1 is 1.43 bits per heavy atom. The minimum absolute atomic E-state index is 0.291. The normalized spacial score (nSPS) is 18.4. The molecule has 0 N–H and O–H groups in total. The molecule has 1 unspecified atom stereocenters. The Bertz CT molecular complexity index is 677. The molecule has 1 aliphatic heterocycles. The molecule has 126 valence electrons. The van der Waals surface area contributed by atoms with E-state index in [2.05, 4.69) is 14.9 Å². The average molecular weight is 328 g/mol. The molecular formula is C15H19F3N4O. The first-order valence-electron chi connectivity index (χ1n) is 7.54. The van der Waals surface area contributed by atoms with Gasteiger partial charge < -0.3 is 8.98 Å². The van der Waals surface area contributed by atoms with E-state index in [1.807, 2.05) is 14.0 Å². The Kier molecular flexibility index (Phi) is 4.18. The molecule has 0 saturated heterocycles. The third kappa shape index (κ3) is 3.74. The van der Waals surface area contributed by atoms with Gasteiger partial charge in [0.25, 0.3) is 0 Å². The second-order valence-electron chi connectivity index (χ2n) is 6.16. The molecule has 0 spiro atoms. The van der Waals surface area contributed by atoms with Gasteiger partial charge in [0, 0.05) is 25.7 Å². The maximum absolute atomic E-state index is 12.7. The summed E-state index contributed by atoms with van der Waals surface area (Å²) in [6.07, 6.45) is -0.158. The van der Waals surface area contributed by atoms with Crippen molar-refractivity contribution in [3.8, 4) is 0 Å². The number of aromatic nitrogens is 3. The van der Waals surface area contributed by atoms with Gasteiger partial charge in [-0.2, -0.15) is 13.2 Å². The van der Waals surface area contributed by atoms with Gasteiger partial charge in [0.15, 0.2) is 5.69 Å². The number of imidazole rings is 1. The van der Waals surface area contributed by atoms with Gasteiger partial charge in [-0.3, -0.25) is 4.90 Å². The molecule has 3 rings (SSSR count). The first-order chi connectivity index (χ1) is 10.8. The van der Waals surface area contributed by atoms with Crippen LogP contribution in [0, 0.1) is 12.8 Å². The van der Waals surface area contributed by atoms with Crippen LogP contribution < -0.4 is 0 Å². The van der Waals surface area contributed by atoms with E-state index >= 15 is 0 Å². The third-order valence-corrected chi connectivity index (χ3v) is 4.02. The molecule has 1 aliphatic rings. The van der Waals surface area contributed by atoms with Crippen LogP contribution in [-0.2, 0) is 25.7 Å². The van der Waals surface area contributed by atoms with Crippen molar-refractivity contribution in [1.82, 2.24) is 19.4 Å². The van der Waals surface area contributed by atoms with Crippen molar-refractivity contribution < 1.29 is 17.6 Å². The number of nitrogens with zero attached hydrogens (tertiary/aromatic N) is 4. The van der Waals surface area contributed by atoms with Crippen LogP contribution in [0.5, 0.6) is 0 Å². The summed E-state index contributed by atoms with van der Waals surface area (Å²) in [6.45, 7) is 3.78. The number of rotatable bonds is 4. The minimum Gasteiger partial charge on any atom is -0.445 e. The van der Waals surface area contributed by atoms with Gasteiger partial charge >= 0.3 is 6.18 Å². The number of hydrogen-bond donors (Lipinski definition) is 0. The Morgan fingerprint density at radius 2 is 2.22 bits per heavy atom. The molecule has 5 nitrogen and oxygen atoms in total. The summed E-state index contributed by atoms with van der Waals surface area (Å²) in [4.78, 5) is 9.96. The predicted molar refractivity (Wildman–Crippen MR) is 76.6 cm³/mol. The van der Waals surface area contributed by atoms with Gasteiger partial charge in [-0.1, -0.05) is 0 Å². The van der Waals surface area contributed by atoms with Crippen LogP contribution in [0.15, 0.2) is 16.8 Å². The van der Waals surface area contributed by atoms with Gasteiger partial charge in [0.1, 0.15) is 11.6 Å². The topological polar surface area (TPSA) is 47.1 Å². The molecule has 0 saturated carbocycles. The van der Waals surface area contributed by atoms with E-state index < -0.39 is 11.9 Å². The molecular weight excluding hydrogens is 309 g/mol. The Balaban J connectivity index is 1.59. The monoisotopic (exact) mass is 328 g/mol. The fraction of sp³-hybridized carbons (Fsp3) is 0.600. The standard InChI is InChI=1S/C15H19F3N4O/c1-10-5-19-14(23-10)9-21(2)6-11-3-4-13-20-12(15(16,17)18)8-22(13)7-11/h5,8,11H,3-4,6-7,9H2,1-2H3. The summed E-state index contributed by atoms with van der Waals surface area (Å²) >= 11 is 0. The Hall–Kier alpha value is -1.83. The fourth-order valence-electron chi connectivity index (χ4n) is 3.01. The molecule has 1 atom stereocenters. The van der Waals surface area contributed by atoms with E-state index in [0.29, 0.717) is 37.1 Å². The van der Waals surface area contributed by atoms with Crippen molar-refractivity contribution in [2.45, 2.75) is 39.0 Å². The Morgan fingerprint density at radius 3 is 2.87 bits per heavy atom. The molecule has 0 radical (unpaired) electrons. The smallest absolute Gasteiger partial charge is 0.434 e. The lowest BCUT2D eigenvalue weighted by atomic mass is 9.99. The highest BCUT2D eigenvalue weighted by Crippen LogP contribution is 2.30. The fourth-order valence-corrected chi connectivity index (χ4v) is 3.01. The Labute approximate surface area is 132 Å². The van der Waals surface area contributed by atoms with Crippen molar-refractivity contribution in [1.29, 1.82) is 0 Å². The summed E-state index contributed by atoms with van der Waals surface area (Å²) in [6, 6.07) is 0. The zero-order valence-corrected chi connectivity index (χ0v) is 13.1. The summed E-state index contributed by atoms with van der Waals surface area (Å²) < 4.78 is 45.3. The van der Waals surface area contributed by atoms with E-state index in [4.69, 9.17) is 4.42 Å². The highest BCUT2D eigenvalue weighted by atomic mass is 19.4. The quantitative estimate of drug-likeness (QED) is 0.866. The zero-order valence-electron chi connectivity index (χ0n) is 13.1. The van der Waals surface area contributed by atoms with Crippen molar-refractivity contribution in [2.24, 2.45) is 5.92 Å². The predicted octanol–water partition coefficient (Wildman–Crippen LogP) is 2.89. The number of aryl methyl sites for hydroxylation is 2. The molecule has 8 heteroatoms. The number of halogens is 3. The van der Waals surface area contributed by atoms with Crippen LogP contribution in [0.2, 0.25) is 0 Å². The van der Waals surface area contributed by atoms with Crippen LogP contribution >= 0.6 is 0 Å². The van der Waals surface area contributed by atoms with Crippen LogP contribution in [0.4, 0.5) is 13.2 Å². The second kappa shape index (κ2) is 5.99. The van der Waals surface area contributed by atoms with Gasteiger partial charge in [0.2, 0.25) is 5.89 Å². The van der Waals surface area contributed by atoms with Crippen molar-refractivity contribution in [3.63, 3.8) is 0 Å². The maximum atomic E-state index is 12.7. The lowest BCUT2D eigenvalue weighted by Crippen LogP contribution is -2.31. The van der Waals surface area contributed by atoms with Crippen molar-refractivity contribution >= 4 is 0 Å². The van der Waals surface area contributed by atoms with Gasteiger partial charge in [-0.05, 0) is 26.3 Å². The molecule has 0 aromatic carbocycles. The van der Waals surface area contributed by atoms with Crippen LogP contribution in [0.1, 0.15) is 29.6 Å². The first kappa shape index (κ1) is 16.0. The largest absolute Gasteiger partial charge is 0.445 e. The van der Waals surface area contributed by atoms with Crippen LogP contribution in [0.3, 0.4) is 0 Å². The summed E-state index contributed by atoms with van der Waals surface area (Å²) in [5.74, 6) is 2.25. The lowest BCUT2D eigenvalue weighted by molar-refractivity contribution is -0.141. The van der Waals surface area contributed by atoms with E-state index in [9.17, 15) is 13.2 Å². The lowest BCUT2D eigenvalue weighted by Gasteiger charge is -2.27. The van der Waals surface area contributed by atoms with E-state index in [-0.39, 0.29) is 0 Å². The summed E-state index contributed by atoms with van der Waals surface area (Å²) in [5.41, 5.74) is -0.795. The van der Waals surface area contributed by atoms with E-state index in [1.54, 1.807) is 10.8 Å². The second-order valence-corrected chi connectivity index (χ2v) is 6.16. The van der Waals surface area contributed by atoms with Crippen LogP contribution in [0.25, 0.3) is 0 Å². The number of fused-ring (bicyclic) bond motifs is 1. The highest BCUT2D eigenvalue weighted by Gasteiger charge is 2.35. The molecule has 0 amide bonds. The van der Waals surface area contributed by atoms with Gasteiger partial charge in [-0.15, -0.1) is 0 Å². The van der Waals surface area contributed by atoms with Crippen molar-refractivity contribution in [2.75, 3.05) is 13.6 Å². The molecule has 23 heavy (non-hydrogen) atoms.